The van der Waals surface area contributed by atoms with Gasteiger partial charge in [0.15, 0.2) is 0 Å². The van der Waals surface area contributed by atoms with Crippen molar-refractivity contribution >= 4 is 27.9 Å². The Bertz CT molecular complexity index is 554. The van der Waals surface area contributed by atoms with Gasteiger partial charge in [0.2, 0.25) is 0 Å². The van der Waals surface area contributed by atoms with Crippen LogP contribution in [0.1, 0.15) is 66.1 Å². The Morgan fingerprint density at radius 3 is 2.48 bits per heavy atom. The van der Waals surface area contributed by atoms with Crippen molar-refractivity contribution in [3.05, 3.63) is 10.4 Å². The van der Waals surface area contributed by atoms with Crippen LogP contribution in [0.3, 0.4) is 0 Å². The van der Waals surface area contributed by atoms with Gasteiger partial charge in [-0.15, -0.1) is 11.3 Å². The zero-order chi connectivity index (χ0) is 14.4. The SMILES string of the molecule is Nc1c(C(=O)NC2CC2)sc(N2CCCCC2)c1C1CC1. The maximum atomic E-state index is 12.4. The summed E-state index contributed by atoms with van der Waals surface area (Å²) in [4.78, 5) is 15.6. The first-order chi connectivity index (χ1) is 10.2. The molecule has 1 saturated heterocycles. The Kier molecular flexibility index (Phi) is 3.32. The molecule has 0 unspecified atom stereocenters. The molecule has 2 heterocycles. The molecular weight excluding hydrogens is 282 g/mol. The number of nitrogen functional groups attached to an aromatic ring is 1. The number of nitrogens with two attached hydrogens (primary N) is 1. The average Bonchev–Trinajstić information content (AvgIpc) is 3.40. The van der Waals surface area contributed by atoms with Crippen LogP contribution in [0.5, 0.6) is 0 Å². The summed E-state index contributed by atoms with van der Waals surface area (Å²) in [6.07, 6.45) is 8.52. The fourth-order valence-corrected chi connectivity index (χ4v) is 4.45. The first-order valence-corrected chi connectivity index (χ1v) is 9.03. The molecule has 4 rings (SSSR count). The van der Waals surface area contributed by atoms with Crippen LogP contribution in [0, 0.1) is 0 Å². The monoisotopic (exact) mass is 305 g/mol. The van der Waals surface area contributed by atoms with E-state index < -0.39 is 0 Å². The molecule has 2 saturated carbocycles. The third kappa shape index (κ3) is 2.63. The van der Waals surface area contributed by atoms with Gasteiger partial charge in [0.1, 0.15) is 4.88 Å². The van der Waals surface area contributed by atoms with Crippen LogP contribution < -0.4 is 16.0 Å². The Labute approximate surface area is 129 Å². The third-order valence-electron chi connectivity index (χ3n) is 4.71. The molecule has 0 radical (unpaired) electrons. The highest BCUT2D eigenvalue weighted by molar-refractivity contribution is 7.18. The van der Waals surface area contributed by atoms with Gasteiger partial charge in [-0.25, -0.2) is 0 Å². The molecular formula is C16H23N3OS. The number of nitrogens with one attached hydrogen (secondary N) is 1. The summed E-state index contributed by atoms with van der Waals surface area (Å²) in [5, 5.41) is 4.37. The molecule has 0 atom stereocenters. The van der Waals surface area contributed by atoms with Gasteiger partial charge in [0.25, 0.3) is 5.91 Å². The predicted octanol–water partition coefficient (Wildman–Crippen LogP) is 3.09. The van der Waals surface area contributed by atoms with Gasteiger partial charge in [-0.2, -0.15) is 0 Å². The average molecular weight is 305 g/mol. The number of hydrogen-bond donors (Lipinski definition) is 2. The molecule has 3 aliphatic rings. The number of piperidine rings is 1. The highest BCUT2D eigenvalue weighted by atomic mass is 32.1. The van der Waals surface area contributed by atoms with E-state index in [-0.39, 0.29) is 5.91 Å². The minimum absolute atomic E-state index is 0.0464. The molecule has 21 heavy (non-hydrogen) atoms. The van der Waals surface area contributed by atoms with Gasteiger partial charge < -0.3 is 16.0 Å². The number of amides is 1. The van der Waals surface area contributed by atoms with Crippen molar-refractivity contribution in [1.29, 1.82) is 0 Å². The molecule has 2 aliphatic carbocycles. The molecule has 3 fully saturated rings. The maximum absolute atomic E-state index is 12.4. The van der Waals surface area contributed by atoms with Gasteiger partial charge in [0.05, 0.1) is 10.7 Å². The van der Waals surface area contributed by atoms with Crippen LogP contribution in [-0.2, 0) is 0 Å². The van der Waals surface area contributed by atoms with Crippen molar-refractivity contribution < 1.29 is 4.79 Å². The molecule has 0 bridgehead atoms. The number of carbonyl (C=O) groups excluding carboxylic acids is 1. The Balaban J connectivity index is 1.65. The van der Waals surface area contributed by atoms with E-state index in [1.807, 2.05) is 0 Å². The van der Waals surface area contributed by atoms with Gasteiger partial charge in [-0.1, -0.05) is 0 Å². The summed E-state index contributed by atoms with van der Waals surface area (Å²) < 4.78 is 0. The van der Waals surface area contributed by atoms with Crippen LogP contribution in [0.15, 0.2) is 0 Å². The van der Waals surface area contributed by atoms with E-state index in [9.17, 15) is 4.79 Å². The minimum Gasteiger partial charge on any atom is -0.397 e. The van der Waals surface area contributed by atoms with Crippen LogP contribution in [-0.4, -0.2) is 25.0 Å². The Morgan fingerprint density at radius 1 is 1.14 bits per heavy atom. The summed E-state index contributed by atoms with van der Waals surface area (Å²) >= 11 is 1.63. The summed E-state index contributed by atoms with van der Waals surface area (Å²) in [6, 6.07) is 0.391. The number of rotatable bonds is 4. The number of anilines is 2. The standard InChI is InChI=1S/C16H23N3OS/c17-13-12(10-4-5-10)16(19-8-2-1-3-9-19)21-14(13)15(20)18-11-6-7-11/h10-11H,1-9,17H2,(H,18,20). The van der Waals surface area contributed by atoms with Crippen molar-refractivity contribution in [3.8, 4) is 0 Å². The zero-order valence-corrected chi connectivity index (χ0v) is 13.2. The lowest BCUT2D eigenvalue weighted by atomic mass is 10.1. The summed E-state index contributed by atoms with van der Waals surface area (Å²) in [7, 11) is 0. The molecule has 0 spiro atoms. The van der Waals surface area contributed by atoms with E-state index in [0.717, 1.165) is 36.5 Å². The lowest BCUT2D eigenvalue weighted by Crippen LogP contribution is -2.29. The highest BCUT2D eigenvalue weighted by Crippen LogP contribution is 2.52. The van der Waals surface area contributed by atoms with E-state index in [0.29, 0.717) is 12.0 Å². The zero-order valence-electron chi connectivity index (χ0n) is 12.4. The van der Waals surface area contributed by atoms with Crippen LogP contribution in [0.25, 0.3) is 0 Å². The number of hydrogen-bond acceptors (Lipinski definition) is 4. The largest absolute Gasteiger partial charge is 0.397 e. The second-order valence-corrected chi connectivity index (χ2v) is 7.63. The molecule has 1 aliphatic heterocycles. The lowest BCUT2D eigenvalue weighted by Gasteiger charge is -2.28. The molecule has 114 valence electrons. The summed E-state index contributed by atoms with van der Waals surface area (Å²) in [6.45, 7) is 2.23. The topological polar surface area (TPSA) is 58.4 Å². The van der Waals surface area contributed by atoms with Crippen LogP contribution in [0.2, 0.25) is 0 Å². The number of thiophene rings is 1. The quantitative estimate of drug-likeness (QED) is 0.898. The smallest absolute Gasteiger partial charge is 0.263 e. The lowest BCUT2D eigenvalue weighted by molar-refractivity contribution is 0.0956. The highest BCUT2D eigenvalue weighted by Gasteiger charge is 2.35. The van der Waals surface area contributed by atoms with Crippen LogP contribution in [0.4, 0.5) is 10.7 Å². The van der Waals surface area contributed by atoms with Crippen molar-refractivity contribution in [3.63, 3.8) is 0 Å². The second-order valence-electron chi connectivity index (χ2n) is 6.63. The van der Waals surface area contributed by atoms with Crippen molar-refractivity contribution in [2.45, 2.75) is 56.9 Å². The van der Waals surface area contributed by atoms with Gasteiger partial charge >= 0.3 is 0 Å². The molecule has 3 N–H and O–H groups in total. The van der Waals surface area contributed by atoms with Crippen molar-refractivity contribution in [2.24, 2.45) is 0 Å². The molecule has 1 amide bonds. The second kappa shape index (κ2) is 5.20. The fourth-order valence-electron chi connectivity index (χ4n) is 3.19. The minimum atomic E-state index is 0.0464. The summed E-state index contributed by atoms with van der Waals surface area (Å²) in [5.41, 5.74) is 8.42. The van der Waals surface area contributed by atoms with Crippen molar-refractivity contribution in [1.82, 2.24) is 5.32 Å². The first kappa shape index (κ1) is 13.4. The normalized spacial score (nSPS) is 22.4. The third-order valence-corrected chi connectivity index (χ3v) is 5.99. The van der Waals surface area contributed by atoms with E-state index >= 15 is 0 Å². The fraction of sp³-hybridized carbons (Fsp3) is 0.688. The molecule has 4 nitrogen and oxygen atoms in total. The van der Waals surface area contributed by atoms with E-state index in [4.69, 9.17) is 5.73 Å². The van der Waals surface area contributed by atoms with Crippen molar-refractivity contribution in [2.75, 3.05) is 23.7 Å². The Hall–Kier alpha value is -1.23. The number of nitrogens with zero attached hydrogens (tertiary/aromatic N) is 1. The van der Waals surface area contributed by atoms with E-state index in [1.54, 1.807) is 11.3 Å². The molecule has 5 heteroatoms. The van der Waals surface area contributed by atoms with E-state index in [1.165, 1.54) is 42.7 Å². The van der Waals surface area contributed by atoms with Crippen LogP contribution >= 0.6 is 11.3 Å². The maximum Gasteiger partial charge on any atom is 0.263 e. The first-order valence-electron chi connectivity index (χ1n) is 8.22. The molecule has 1 aromatic rings. The van der Waals surface area contributed by atoms with Gasteiger partial charge in [-0.05, 0) is 50.9 Å². The molecule has 0 aromatic carbocycles. The van der Waals surface area contributed by atoms with Gasteiger partial charge in [0, 0.05) is 24.7 Å². The number of carbonyl (C=O) groups is 1. The summed E-state index contributed by atoms with van der Waals surface area (Å²) in [5.74, 6) is 0.644. The Morgan fingerprint density at radius 2 is 1.86 bits per heavy atom. The van der Waals surface area contributed by atoms with E-state index in [2.05, 4.69) is 10.2 Å². The molecule has 1 aromatic heterocycles. The van der Waals surface area contributed by atoms with Gasteiger partial charge in [-0.3, -0.25) is 4.79 Å². The predicted molar refractivity (Wildman–Crippen MR) is 87.3 cm³/mol.